The van der Waals surface area contributed by atoms with E-state index in [1.165, 1.54) is 12.2 Å². The zero-order valence-corrected chi connectivity index (χ0v) is 16.0. The average molecular weight is 362 g/mol. The van der Waals surface area contributed by atoms with Crippen LogP contribution in [0.4, 0.5) is 21.0 Å². The summed E-state index contributed by atoms with van der Waals surface area (Å²) in [6.45, 7) is 10.6. The largest absolute Gasteiger partial charge is 0.444 e. The van der Waals surface area contributed by atoms with Gasteiger partial charge in [0.2, 0.25) is 0 Å². The lowest BCUT2D eigenvalue weighted by molar-refractivity contribution is -0.104. The van der Waals surface area contributed by atoms with Crippen LogP contribution in [0.1, 0.15) is 47.1 Å². The van der Waals surface area contributed by atoms with E-state index in [0.717, 1.165) is 0 Å². The molecule has 2 amide bonds. The van der Waals surface area contributed by atoms with Gasteiger partial charge in [-0.05, 0) is 71.9 Å². The van der Waals surface area contributed by atoms with Crippen molar-refractivity contribution in [1.29, 1.82) is 0 Å². The molecule has 1 rings (SSSR count). The molecular weight excluding hydrogens is 336 g/mol. The van der Waals surface area contributed by atoms with Crippen molar-refractivity contribution in [2.45, 2.75) is 52.7 Å². The predicted molar refractivity (Wildman–Crippen MR) is 101 cm³/mol. The summed E-state index contributed by atoms with van der Waals surface area (Å²) < 4.78 is 10.4. The maximum atomic E-state index is 12.0. The molecule has 26 heavy (non-hydrogen) atoms. The van der Waals surface area contributed by atoms with Crippen LogP contribution < -0.4 is 10.6 Å². The molecule has 0 unspecified atom stereocenters. The Labute approximate surface area is 153 Å². The van der Waals surface area contributed by atoms with Crippen molar-refractivity contribution in [3.05, 3.63) is 29.8 Å². The highest BCUT2D eigenvalue weighted by Gasteiger charge is 2.18. The maximum Gasteiger partial charge on any atom is 0.412 e. The molecule has 0 aliphatic heterocycles. The molecular formula is C19H26N2O5. The standard InChI is InChI=1S/C19H26N2O5/c1-18(2,3)25-16(23)20-14-9-10-15(13(12-14)8-7-11-22)21-17(24)26-19(4,5)6/h7-12H,1-6H3,(H,20,23)(H,21,24)/b8-7+. The molecule has 1 aromatic carbocycles. The normalized spacial score (nSPS) is 11.8. The fourth-order valence-electron chi connectivity index (χ4n) is 1.87. The SMILES string of the molecule is CC(C)(C)OC(=O)Nc1ccc(NC(=O)OC(C)(C)C)c(/C=C/C=O)c1. The van der Waals surface area contributed by atoms with E-state index in [0.29, 0.717) is 23.2 Å². The Bertz CT molecular complexity index is 697. The molecule has 0 bridgehead atoms. The third-order valence-electron chi connectivity index (χ3n) is 2.69. The van der Waals surface area contributed by atoms with Crippen molar-refractivity contribution in [1.82, 2.24) is 0 Å². The van der Waals surface area contributed by atoms with Crippen LogP contribution >= 0.6 is 0 Å². The van der Waals surface area contributed by atoms with Crippen molar-refractivity contribution >= 4 is 35.9 Å². The van der Waals surface area contributed by atoms with Crippen molar-refractivity contribution in [3.63, 3.8) is 0 Å². The second-order valence-electron chi connectivity index (χ2n) is 7.55. The lowest BCUT2D eigenvalue weighted by Gasteiger charge is -2.21. The van der Waals surface area contributed by atoms with E-state index in [1.807, 2.05) is 0 Å². The minimum atomic E-state index is -0.638. The first-order valence-corrected chi connectivity index (χ1v) is 8.15. The first kappa shape index (κ1) is 21.2. The topological polar surface area (TPSA) is 93.7 Å². The molecule has 7 nitrogen and oxygen atoms in total. The molecule has 142 valence electrons. The van der Waals surface area contributed by atoms with Crippen LogP contribution in [0.3, 0.4) is 0 Å². The third kappa shape index (κ3) is 8.32. The van der Waals surface area contributed by atoms with Crippen LogP contribution in [0.5, 0.6) is 0 Å². The maximum absolute atomic E-state index is 12.0. The molecule has 0 radical (unpaired) electrons. The van der Waals surface area contributed by atoms with Gasteiger partial charge in [0, 0.05) is 11.3 Å². The van der Waals surface area contributed by atoms with Crippen LogP contribution in [0.2, 0.25) is 0 Å². The predicted octanol–water partition coefficient (Wildman–Crippen LogP) is 4.59. The fourth-order valence-corrected chi connectivity index (χ4v) is 1.87. The van der Waals surface area contributed by atoms with E-state index in [-0.39, 0.29) is 0 Å². The smallest absolute Gasteiger partial charge is 0.412 e. The molecule has 0 aromatic heterocycles. The van der Waals surface area contributed by atoms with Crippen LogP contribution in [0.25, 0.3) is 6.08 Å². The second kappa shape index (κ2) is 8.51. The highest BCUT2D eigenvalue weighted by atomic mass is 16.6. The second-order valence-corrected chi connectivity index (χ2v) is 7.55. The Hall–Kier alpha value is -2.83. The van der Waals surface area contributed by atoms with Gasteiger partial charge in [-0.15, -0.1) is 0 Å². The zero-order chi connectivity index (χ0) is 20.0. The average Bonchev–Trinajstić information content (AvgIpc) is 2.43. The minimum absolute atomic E-state index is 0.437. The molecule has 0 aliphatic rings. The van der Waals surface area contributed by atoms with Gasteiger partial charge in [-0.1, -0.05) is 0 Å². The van der Waals surface area contributed by atoms with Gasteiger partial charge in [-0.2, -0.15) is 0 Å². The monoisotopic (exact) mass is 362 g/mol. The molecule has 0 heterocycles. The Balaban J connectivity index is 2.99. The Morgan fingerprint density at radius 3 is 1.96 bits per heavy atom. The molecule has 0 fully saturated rings. The van der Waals surface area contributed by atoms with Gasteiger partial charge in [0.25, 0.3) is 0 Å². The van der Waals surface area contributed by atoms with Crippen LogP contribution in [-0.2, 0) is 14.3 Å². The van der Waals surface area contributed by atoms with Gasteiger partial charge in [0.15, 0.2) is 0 Å². The highest BCUT2D eigenvalue weighted by molar-refractivity contribution is 5.92. The van der Waals surface area contributed by atoms with Crippen LogP contribution in [0, 0.1) is 0 Å². The molecule has 7 heteroatoms. The summed E-state index contributed by atoms with van der Waals surface area (Å²) in [7, 11) is 0. The number of nitrogens with one attached hydrogen (secondary N) is 2. The summed E-state index contributed by atoms with van der Waals surface area (Å²) in [4.78, 5) is 34.5. The van der Waals surface area contributed by atoms with Crippen LogP contribution in [-0.4, -0.2) is 29.7 Å². The highest BCUT2D eigenvalue weighted by Crippen LogP contribution is 2.23. The molecule has 0 saturated heterocycles. The van der Waals surface area contributed by atoms with E-state index in [2.05, 4.69) is 10.6 Å². The number of carbonyl (C=O) groups is 3. The summed E-state index contributed by atoms with van der Waals surface area (Å²) in [5.41, 5.74) is 0.159. The summed E-state index contributed by atoms with van der Waals surface area (Å²) in [5, 5.41) is 5.23. The summed E-state index contributed by atoms with van der Waals surface area (Å²) in [5.74, 6) is 0. The van der Waals surface area contributed by atoms with E-state index < -0.39 is 23.4 Å². The summed E-state index contributed by atoms with van der Waals surface area (Å²) >= 11 is 0. The fraction of sp³-hybridized carbons (Fsp3) is 0.421. The molecule has 0 atom stereocenters. The molecule has 0 spiro atoms. The Kier molecular flexibility index (Phi) is 6.94. The number of rotatable bonds is 4. The number of ether oxygens (including phenoxy) is 2. The summed E-state index contributed by atoms with van der Waals surface area (Å²) in [6.07, 6.45) is 2.19. The lowest BCUT2D eigenvalue weighted by Crippen LogP contribution is -2.28. The molecule has 0 saturated carbocycles. The van der Waals surface area contributed by atoms with E-state index in [4.69, 9.17) is 9.47 Å². The lowest BCUT2D eigenvalue weighted by atomic mass is 10.1. The summed E-state index contributed by atoms with van der Waals surface area (Å²) in [6, 6.07) is 4.81. The number of allylic oxidation sites excluding steroid dienone is 1. The number of hydrogen-bond donors (Lipinski definition) is 2. The van der Waals surface area contributed by atoms with Crippen LogP contribution in [0.15, 0.2) is 24.3 Å². The number of hydrogen-bond acceptors (Lipinski definition) is 5. The van der Waals surface area contributed by atoms with Gasteiger partial charge < -0.3 is 9.47 Å². The Morgan fingerprint density at radius 1 is 0.923 bits per heavy atom. The number of benzene rings is 1. The van der Waals surface area contributed by atoms with Gasteiger partial charge in [0.05, 0.1) is 5.69 Å². The number of carbonyl (C=O) groups excluding carboxylic acids is 3. The van der Waals surface area contributed by atoms with E-state index in [9.17, 15) is 14.4 Å². The number of aldehydes is 1. The molecule has 0 aliphatic carbocycles. The van der Waals surface area contributed by atoms with E-state index >= 15 is 0 Å². The molecule has 2 N–H and O–H groups in total. The quantitative estimate of drug-likeness (QED) is 0.603. The van der Waals surface area contributed by atoms with Crippen molar-refractivity contribution in [2.24, 2.45) is 0 Å². The first-order valence-electron chi connectivity index (χ1n) is 8.15. The van der Waals surface area contributed by atoms with Gasteiger partial charge in [-0.3, -0.25) is 15.4 Å². The van der Waals surface area contributed by atoms with Crippen molar-refractivity contribution in [2.75, 3.05) is 10.6 Å². The minimum Gasteiger partial charge on any atom is -0.444 e. The van der Waals surface area contributed by atoms with Gasteiger partial charge >= 0.3 is 12.2 Å². The van der Waals surface area contributed by atoms with Gasteiger partial charge in [-0.25, -0.2) is 9.59 Å². The van der Waals surface area contributed by atoms with Crippen molar-refractivity contribution in [3.8, 4) is 0 Å². The number of amides is 2. The zero-order valence-electron chi connectivity index (χ0n) is 16.0. The Morgan fingerprint density at radius 2 is 1.46 bits per heavy atom. The van der Waals surface area contributed by atoms with E-state index in [1.54, 1.807) is 59.7 Å². The first-order chi connectivity index (χ1) is 11.9. The van der Waals surface area contributed by atoms with Crippen molar-refractivity contribution < 1.29 is 23.9 Å². The third-order valence-corrected chi connectivity index (χ3v) is 2.69. The van der Waals surface area contributed by atoms with Gasteiger partial charge in [0.1, 0.15) is 17.5 Å². The molecule has 1 aromatic rings. The number of anilines is 2.